The summed E-state index contributed by atoms with van der Waals surface area (Å²) in [5.41, 5.74) is 7.89. The normalized spacial score (nSPS) is 10.0. The van der Waals surface area contributed by atoms with Gasteiger partial charge in [-0.05, 0) is 11.1 Å². The van der Waals surface area contributed by atoms with Crippen LogP contribution in [0.2, 0.25) is 0 Å². The molecular weight excluding hydrogens is 163 g/mol. The molecule has 1 rings (SSSR count). The fraction of sp³-hybridized carbons (Fsp3) is 0.333. The summed E-state index contributed by atoms with van der Waals surface area (Å²) >= 11 is 0. The van der Waals surface area contributed by atoms with Crippen molar-refractivity contribution in [3.63, 3.8) is 0 Å². The zero-order valence-electron chi connectivity index (χ0n) is 7.92. The number of hydrogen-bond donors (Lipinski definition) is 2. The van der Waals surface area contributed by atoms with E-state index in [-0.39, 0.29) is 0 Å². The summed E-state index contributed by atoms with van der Waals surface area (Å²) in [4.78, 5) is 0. The van der Waals surface area contributed by atoms with Gasteiger partial charge in [-0.2, -0.15) is 0 Å². The van der Waals surface area contributed by atoms with Crippen LogP contribution in [0.1, 0.15) is 11.1 Å². The summed E-state index contributed by atoms with van der Waals surface area (Å²) in [6, 6.07) is 8.24. The maximum atomic E-state index is 5.49. The lowest BCUT2D eigenvalue weighted by molar-refractivity contribution is 0.430. The lowest BCUT2D eigenvalue weighted by Gasteiger charge is -2.03. The molecule has 0 amide bonds. The van der Waals surface area contributed by atoms with E-state index in [0.717, 1.165) is 12.1 Å². The second kappa shape index (κ2) is 5.75. The number of rotatable bonds is 5. The third-order valence-corrected chi connectivity index (χ3v) is 1.83. The molecule has 3 N–H and O–H groups in total. The van der Waals surface area contributed by atoms with Gasteiger partial charge in [0.15, 0.2) is 0 Å². The van der Waals surface area contributed by atoms with Crippen molar-refractivity contribution in [2.24, 2.45) is 5.73 Å². The van der Waals surface area contributed by atoms with E-state index in [1.165, 1.54) is 5.56 Å². The summed E-state index contributed by atoms with van der Waals surface area (Å²) in [5, 5.41) is 3.14. The molecule has 0 spiro atoms. The van der Waals surface area contributed by atoms with Crippen molar-refractivity contribution >= 4 is 7.62 Å². The number of nitrogens with one attached hydrogen (secondary N) is 1. The molecule has 0 bridgehead atoms. The van der Waals surface area contributed by atoms with Crippen LogP contribution in [0.4, 0.5) is 0 Å². The quantitative estimate of drug-likeness (QED) is 0.498. The molecule has 1 aromatic carbocycles. The van der Waals surface area contributed by atoms with E-state index in [1.807, 2.05) is 12.1 Å². The Morgan fingerprint density at radius 3 is 2.46 bits per heavy atom. The Morgan fingerprint density at radius 1 is 1.31 bits per heavy atom. The van der Waals surface area contributed by atoms with Crippen LogP contribution in [0.3, 0.4) is 0 Å². The SMILES string of the molecule is COBNCc1ccc(CN)cc1. The highest BCUT2D eigenvalue weighted by molar-refractivity contribution is 6.23. The van der Waals surface area contributed by atoms with E-state index >= 15 is 0 Å². The minimum atomic E-state index is 0.582. The monoisotopic (exact) mass is 178 g/mol. The molecule has 70 valence electrons. The molecule has 0 saturated heterocycles. The van der Waals surface area contributed by atoms with Crippen molar-refractivity contribution < 1.29 is 4.65 Å². The zero-order valence-corrected chi connectivity index (χ0v) is 7.92. The lowest BCUT2D eigenvalue weighted by atomic mass is 10.1. The fourth-order valence-corrected chi connectivity index (χ4v) is 1.09. The van der Waals surface area contributed by atoms with E-state index < -0.39 is 0 Å². The molecule has 0 fully saturated rings. The van der Waals surface area contributed by atoms with Crippen molar-refractivity contribution in [3.05, 3.63) is 35.4 Å². The molecule has 0 unspecified atom stereocenters. The molecule has 3 nitrogen and oxygen atoms in total. The van der Waals surface area contributed by atoms with Gasteiger partial charge < -0.3 is 15.6 Å². The van der Waals surface area contributed by atoms with Crippen molar-refractivity contribution in [3.8, 4) is 0 Å². The molecule has 0 aliphatic rings. The molecule has 13 heavy (non-hydrogen) atoms. The third-order valence-electron chi connectivity index (χ3n) is 1.83. The molecule has 1 aromatic rings. The van der Waals surface area contributed by atoms with Crippen molar-refractivity contribution in [2.75, 3.05) is 7.11 Å². The molecule has 0 saturated carbocycles. The Labute approximate surface area is 79.6 Å². The number of hydrogen-bond acceptors (Lipinski definition) is 3. The van der Waals surface area contributed by atoms with Crippen LogP contribution in [0.15, 0.2) is 24.3 Å². The van der Waals surface area contributed by atoms with Crippen LogP contribution in [-0.4, -0.2) is 14.7 Å². The van der Waals surface area contributed by atoms with Crippen LogP contribution in [-0.2, 0) is 17.7 Å². The highest BCUT2D eigenvalue weighted by Crippen LogP contribution is 2.02. The molecule has 0 aliphatic carbocycles. The van der Waals surface area contributed by atoms with Gasteiger partial charge in [0.05, 0.1) is 0 Å². The predicted octanol–water partition coefficient (Wildman–Crippen LogP) is 0.148. The van der Waals surface area contributed by atoms with Gasteiger partial charge in [0.1, 0.15) is 0 Å². The Balaban J connectivity index is 2.40. The summed E-state index contributed by atoms with van der Waals surface area (Å²) in [7, 11) is 2.25. The average Bonchev–Trinajstić information content (AvgIpc) is 2.19. The van der Waals surface area contributed by atoms with Gasteiger partial charge in [0.25, 0.3) is 0 Å². The second-order valence-electron chi connectivity index (χ2n) is 2.88. The first-order chi connectivity index (χ1) is 6.36. The summed E-state index contributed by atoms with van der Waals surface area (Å²) in [5.74, 6) is 0. The van der Waals surface area contributed by atoms with Gasteiger partial charge in [-0.3, -0.25) is 0 Å². The van der Waals surface area contributed by atoms with Crippen LogP contribution in [0.5, 0.6) is 0 Å². The van der Waals surface area contributed by atoms with Crippen LogP contribution in [0.25, 0.3) is 0 Å². The minimum absolute atomic E-state index is 0.582. The largest absolute Gasteiger partial charge is 0.427 e. The van der Waals surface area contributed by atoms with Crippen molar-refractivity contribution in [1.82, 2.24) is 5.23 Å². The van der Waals surface area contributed by atoms with Gasteiger partial charge in [-0.25, -0.2) is 0 Å². The third kappa shape index (κ3) is 3.59. The standard InChI is InChI=1S/C9H15BN2O/c1-13-10-12-7-9-4-2-8(6-11)3-5-9/h2-5,10,12H,6-7,11H2,1H3. The predicted molar refractivity (Wildman–Crippen MR) is 55.3 cm³/mol. The summed E-state index contributed by atoms with van der Waals surface area (Å²) in [6.45, 7) is 1.43. The number of nitrogens with two attached hydrogens (primary N) is 1. The van der Waals surface area contributed by atoms with Gasteiger partial charge in [0, 0.05) is 20.2 Å². The fourth-order valence-electron chi connectivity index (χ4n) is 1.09. The van der Waals surface area contributed by atoms with E-state index in [0.29, 0.717) is 14.2 Å². The van der Waals surface area contributed by atoms with Gasteiger partial charge in [0.2, 0.25) is 0 Å². The molecular formula is C9H15BN2O. The minimum Gasteiger partial charge on any atom is -0.427 e. The lowest BCUT2D eigenvalue weighted by Crippen LogP contribution is -2.19. The maximum Gasteiger partial charge on any atom is 0.360 e. The molecule has 0 heterocycles. The first kappa shape index (κ1) is 10.2. The molecule has 0 atom stereocenters. The second-order valence-corrected chi connectivity index (χ2v) is 2.88. The first-order valence-electron chi connectivity index (χ1n) is 4.34. The van der Waals surface area contributed by atoms with E-state index in [2.05, 4.69) is 17.4 Å². The molecule has 0 aromatic heterocycles. The highest BCUT2D eigenvalue weighted by Gasteiger charge is 1.93. The molecule has 0 radical (unpaired) electrons. The van der Waals surface area contributed by atoms with E-state index in [4.69, 9.17) is 10.4 Å². The zero-order chi connectivity index (χ0) is 9.52. The smallest absolute Gasteiger partial charge is 0.360 e. The maximum absolute atomic E-state index is 5.49. The Bertz CT molecular complexity index is 238. The van der Waals surface area contributed by atoms with Gasteiger partial charge >= 0.3 is 7.62 Å². The number of benzene rings is 1. The average molecular weight is 178 g/mol. The molecule has 0 aliphatic heterocycles. The van der Waals surface area contributed by atoms with Crippen molar-refractivity contribution in [2.45, 2.75) is 13.1 Å². The van der Waals surface area contributed by atoms with Gasteiger partial charge in [-0.1, -0.05) is 24.3 Å². The topological polar surface area (TPSA) is 47.3 Å². The highest BCUT2D eigenvalue weighted by atomic mass is 16.4. The Kier molecular flexibility index (Phi) is 4.53. The van der Waals surface area contributed by atoms with E-state index in [1.54, 1.807) is 7.11 Å². The van der Waals surface area contributed by atoms with Crippen LogP contribution < -0.4 is 11.0 Å². The van der Waals surface area contributed by atoms with Crippen molar-refractivity contribution in [1.29, 1.82) is 0 Å². The van der Waals surface area contributed by atoms with Crippen LogP contribution >= 0.6 is 0 Å². The van der Waals surface area contributed by atoms with Crippen LogP contribution in [0, 0.1) is 0 Å². The van der Waals surface area contributed by atoms with E-state index in [9.17, 15) is 0 Å². The Morgan fingerprint density at radius 2 is 1.92 bits per heavy atom. The first-order valence-corrected chi connectivity index (χ1v) is 4.34. The summed E-state index contributed by atoms with van der Waals surface area (Å²) < 4.78 is 4.88. The Hall–Kier alpha value is -0.835. The van der Waals surface area contributed by atoms with Gasteiger partial charge in [-0.15, -0.1) is 0 Å². The summed E-state index contributed by atoms with van der Waals surface area (Å²) in [6.07, 6.45) is 0. The molecule has 4 heteroatoms.